The van der Waals surface area contributed by atoms with Crippen LogP contribution in [0.3, 0.4) is 0 Å². The summed E-state index contributed by atoms with van der Waals surface area (Å²) in [6.07, 6.45) is 0.650. The van der Waals surface area contributed by atoms with Gasteiger partial charge in [0.15, 0.2) is 6.61 Å². The molecule has 0 saturated heterocycles. The van der Waals surface area contributed by atoms with Gasteiger partial charge >= 0.3 is 5.97 Å². The predicted molar refractivity (Wildman–Crippen MR) is 109 cm³/mol. The molecule has 0 bridgehead atoms. The highest BCUT2D eigenvalue weighted by Gasteiger charge is 2.43. The van der Waals surface area contributed by atoms with E-state index in [0.29, 0.717) is 17.8 Å². The number of nitrogens with zero attached hydrogens (tertiary/aromatic N) is 1. The molecule has 0 aliphatic carbocycles. The predicted octanol–water partition coefficient (Wildman–Crippen LogP) is 2.93. The van der Waals surface area contributed by atoms with Crippen LogP contribution in [0, 0.1) is 0 Å². The van der Waals surface area contributed by atoms with Crippen LogP contribution in [0.5, 0.6) is 5.75 Å². The smallest absolute Gasteiger partial charge is 0.306 e. The second kappa shape index (κ2) is 8.34. The number of carbonyl (C=O) groups is 3. The van der Waals surface area contributed by atoms with Gasteiger partial charge in [0.05, 0.1) is 18.5 Å². The van der Waals surface area contributed by atoms with E-state index in [9.17, 15) is 14.4 Å². The van der Waals surface area contributed by atoms with E-state index >= 15 is 0 Å². The number of esters is 1. The van der Waals surface area contributed by atoms with Crippen LogP contribution >= 0.6 is 0 Å². The fourth-order valence-corrected chi connectivity index (χ4v) is 3.22. The molecule has 2 aromatic rings. The quantitative estimate of drug-likeness (QED) is 0.759. The summed E-state index contributed by atoms with van der Waals surface area (Å²) in [4.78, 5) is 38.7. The molecular formula is C22H24N2O5. The molecule has 2 amide bonds. The largest absolute Gasteiger partial charge is 0.497 e. The van der Waals surface area contributed by atoms with Gasteiger partial charge in [0, 0.05) is 6.42 Å². The van der Waals surface area contributed by atoms with Crippen molar-refractivity contribution in [3.05, 3.63) is 54.1 Å². The Hall–Kier alpha value is -3.35. The number of nitrogens with one attached hydrogen (secondary N) is 1. The Morgan fingerprint density at radius 1 is 1.07 bits per heavy atom. The Labute approximate surface area is 169 Å². The van der Waals surface area contributed by atoms with Crippen molar-refractivity contribution in [1.29, 1.82) is 0 Å². The van der Waals surface area contributed by atoms with Gasteiger partial charge in [-0.1, -0.05) is 24.3 Å². The maximum Gasteiger partial charge on any atom is 0.306 e. The van der Waals surface area contributed by atoms with E-state index in [2.05, 4.69) is 5.32 Å². The van der Waals surface area contributed by atoms with Crippen molar-refractivity contribution >= 4 is 29.2 Å². The van der Waals surface area contributed by atoms with E-state index in [1.165, 1.54) is 4.90 Å². The molecule has 29 heavy (non-hydrogen) atoms. The minimum atomic E-state index is -1.10. The summed E-state index contributed by atoms with van der Waals surface area (Å²) in [5.74, 6) is -0.470. The molecule has 0 fully saturated rings. The molecule has 152 valence electrons. The first-order chi connectivity index (χ1) is 13.8. The van der Waals surface area contributed by atoms with Crippen LogP contribution in [0.1, 0.15) is 25.8 Å². The van der Waals surface area contributed by atoms with Crippen molar-refractivity contribution in [2.45, 2.75) is 32.2 Å². The zero-order valence-electron chi connectivity index (χ0n) is 16.7. The standard InChI is InChI=1S/C22H24N2O5/c1-22(2)21(27)23-17-6-4-5-7-18(17)24(22)19(25)14-29-20(26)13-10-15-8-11-16(28-3)12-9-15/h4-9,11-12H,10,13-14H2,1-3H3,(H,23,27). The number of ether oxygens (including phenoxy) is 2. The SMILES string of the molecule is COc1ccc(CCC(=O)OCC(=O)N2c3ccccc3NC(=O)C2(C)C)cc1. The third-order valence-corrected chi connectivity index (χ3v) is 4.89. The molecular weight excluding hydrogens is 372 g/mol. The van der Waals surface area contributed by atoms with Gasteiger partial charge < -0.3 is 14.8 Å². The van der Waals surface area contributed by atoms with Crippen molar-refractivity contribution in [2.24, 2.45) is 0 Å². The molecule has 0 saturated carbocycles. The molecule has 7 heteroatoms. The lowest BCUT2D eigenvalue weighted by Gasteiger charge is -2.41. The Kier molecular flexibility index (Phi) is 5.87. The van der Waals surface area contributed by atoms with Crippen molar-refractivity contribution in [2.75, 3.05) is 23.9 Å². The minimum Gasteiger partial charge on any atom is -0.497 e. The van der Waals surface area contributed by atoms with Gasteiger partial charge in [-0.25, -0.2) is 0 Å². The van der Waals surface area contributed by atoms with Gasteiger partial charge in [0.2, 0.25) is 5.91 Å². The van der Waals surface area contributed by atoms with Crippen LogP contribution in [-0.4, -0.2) is 37.0 Å². The van der Waals surface area contributed by atoms with Gasteiger partial charge in [0.25, 0.3) is 5.91 Å². The molecule has 0 spiro atoms. The van der Waals surface area contributed by atoms with E-state index in [-0.39, 0.29) is 12.3 Å². The summed E-state index contributed by atoms with van der Waals surface area (Å²) in [6.45, 7) is 2.88. The molecule has 7 nitrogen and oxygen atoms in total. The number of fused-ring (bicyclic) bond motifs is 1. The lowest BCUT2D eigenvalue weighted by atomic mass is 9.96. The Balaban J connectivity index is 1.60. The normalized spacial score (nSPS) is 14.6. The monoisotopic (exact) mass is 396 g/mol. The molecule has 0 atom stereocenters. The number of methoxy groups -OCH3 is 1. The number of rotatable bonds is 6. The van der Waals surface area contributed by atoms with Crippen LogP contribution in [0.25, 0.3) is 0 Å². The number of amides is 2. The van der Waals surface area contributed by atoms with Crippen molar-refractivity contribution in [3.8, 4) is 5.75 Å². The van der Waals surface area contributed by atoms with Crippen molar-refractivity contribution < 1.29 is 23.9 Å². The lowest BCUT2D eigenvalue weighted by molar-refractivity contribution is -0.148. The average molecular weight is 396 g/mol. The van der Waals surface area contributed by atoms with Crippen LogP contribution in [0.15, 0.2) is 48.5 Å². The number of anilines is 2. The molecule has 1 heterocycles. The number of para-hydroxylation sites is 2. The molecule has 0 unspecified atom stereocenters. The fourth-order valence-electron chi connectivity index (χ4n) is 3.22. The molecule has 1 aliphatic heterocycles. The van der Waals surface area contributed by atoms with Crippen molar-refractivity contribution in [1.82, 2.24) is 0 Å². The Morgan fingerprint density at radius 2 is 1.76 bits per heavy atom. The van der Waals surface area contributed by atoms with Gasteiger partial charge in [-0.05, 0) is 50.1 Å². The number of hydrogen-bond donors (Lipinski definition) is 1. The molecule has 0 aromatic heterocycles. The highest BCUT2D eigenvalue weighted by atomic mass is 16.5. The second-order valence-corrected chi connectivity index (χ2v) is 7.27. The minimum absolute atomic E-state index is 0.153. The van der Waals surface area contributed by atoms with Gasteiger partial charge in [-0.15, -0.1) is 0 Å². The first kappa shape index (κ1) is 20.4. The molecule has 3 rings (SSSR count). The van der Waals surface area contributed by atoms with E-state index in [0.717, 1.165) is 11.3 Å². The van der Waals surface area contributed by atoms with E-state index < -0.39 is 24.0 Å². The van der Waals surface area contributed by atoms with Gasteiger partial charge in [-0.3, -0.25) is 19.3 Å². The van der Waals surface area contributed by atoms with Crippen LogP contribution < -0.4 is 15.0 Å². The molecule has 0 radical (unpaired) electrons. The number of carbonyl (C=O) groups excluding carboxylic acids is 3. The maximum absolute atomic E-state index is 12.8. The topological polar surface area (TPSA) is 84.9 Å². The maximum atomic E-state index is 12.8. The molecule has 2 aromatic carbocycles. The average Bonchev–Trinajstić information content (AvgIpc) is 2.71. The summed E-state index contributed by atoms with van der Waals surface area (Å²) in [6, 6.07) is 14.4. The van der Waals surface area contributed by atoms with Crippen molar-refractivity contribution in [3.63, 3.8) is 0 Å². The summed E-state index contributed by atoms with van der Waals surface area (Å²) in [5.41, 5.74) is 1.00. The number of benzene rings is 2. The fraction of sp³-hybridized carbons (Fsp3) is 0.318. The zero-order valence-corrected chi connectivity index (χ0v) is 16.7. The first-order valence-corrected chi connectivity index (χ1v) is 9.35. The van der Waals surface area contributed by atoms with E-state index in [1.807, 2.05) is 24.3 Å². The molecule has 1 N–H and O–H groups in total. The first-order valence-electron chi connectivity index (χ1n) is 9.35. The second-order valence-electron chi connectivity index (χ2n) is 7.27. The van der Waals surface area contributed by atoms with E-state index in [1.54, 1.807) is 45.2 Å². The number of hydrogen-bond acceptors (Lipinski definition) is 5. The van der Waals surface area contributed by atoms with Crippen LogP contribution in [-0.2, 0) is 25.5 Å². The third-order valence-electron chi connectivity index (χ3n) is 4.89. The van der Waals surface area contributed by atoms with Gasteiger partial charge in [-0.2, -0.15) is 0 Å². The molecule has 1 aliphatic rings. The summed E-state index contributed by atoms with van der Waals surface area (Å²) >= 11 is 0. The number of aryl methyl sites for hydroxylation is 1. The van der Waals surface area contributed by atoms with Crippen LogP contribution in [0.4, 0.5) is 11.4 Å². The lowest BCUT2D eigenvalue weighted by Crippen LogP contribution is -2.59. The summed E-state index contributed by atoms with van der Waals surface area (Å²) < 4.78 is 10.3. The Morgan fingerprint density at radius 3 is 2.45 bits per heavy atom. The summed E-state index contributed by atoms with van der Waals surface area (Å²) in [7, 11) is 1.59. The zero-order chi connectivity index (χ0) is 21.0. The third kappa shape index (κ3) is 4.39. The van der Waals surface area contributed by atoms with E-state index in [4.69, 9.17) is 9.47 Å². The summed E-state index contributed by atoms with van der Waals surface area (Å²) in [5, 5.41) is 2.80. The highest BCUT2D eigenvalue weighted by molar-refractivity contribution is 6.14. The van der Waals surface area contributed by atoms with Gasteiger partial charge in [0.1, 0.15) is 11.3 Å². The highest BCUT2D eigenvalue weighted by Crippen LogP contribution is 2.36. The Bertz CT molecular complexity index is 921. The van der Waals surface area contributed by atoms with Crippen LogP contribution in [0.2, 0.25) is 0 Å².